The molecule has 1 atom stereocenters. The minimum Gasteiger partial charge on any atom is -0.486 e. The summed E-state index contributed by atoms with van der Waals surface area (Å²) in [6, 6.07) is 9.35. The Hall–Kier alpha value is -3.14. The molecule has 0 radical (unpaired) electrons. The molecule has 1 N–H and O–H groups in total. The standard InChI is InChI=1S/C18H15F2N3O4S/c19-12-5-13(20)7-16(6-12)28(24,25)22-14-8-21-23(9-14)10-15-11-26-17-3-1-2-4-18(17)27-15/h1-9,15,22H,10-11H2. The summed E-state index contributed by atoms with van der Waals surface area (Å²) in [5.41, 5.74) is 0.154. The summed E-state index contributed by atoms with van der Waals surface area (Å²) in [5.74, 6) is -0.674. The van der Waals surface area contributed by atoms with Gasteiger partial charge in [0.15, 0.2) is 17.6 Å². The van der Waals surface area contributed by atoms with Gasteiger partial charge in [-0.25, -0.2) is 17.2 Å². The fourth-order valence-electron chi connectivity index (χ4n) is 2.78. The first kappa shape index (κ1) is 18.2. The molecule has 0 saturated heterocycles. The quantitative estimate of drug-likeness (QED) is 0.703. The SMILES string of the molecule is O=S(=O)(Nc1cnn(CC2COc3ccccc3O2)c1)c1cc(F)cc(F)c1. The lowest BCUT2D eigenvalue weighted by Crippen LogP contribution is -2.33. The van der Waals surface area contributed by atoms with Crippen LogP contribution in [-0.4, -0.2) is 30.9 Å². The van der Waals surface area contributed by atoms with Crippen LogP contribution >= 0.6 is 0 Å². The Morgan fingerprint density at radius 2 is 1.86 bits per heavy atom. The third-order valence-corrected chi connectivity index (χ3v) is 5.35. The lowest BCUT2D eigenvalue weighted by molar-refractivity contribution is 0.0759. The predicted octanol–water partition coefficient (Wildman–Crippen LogP) is 2.80. The summed E-state index contributed by atoms with van der Waals surface area (Å²) in [6.07, 6.45) is 2.44. The van der Waals surface area contributed by atoms with Crippen LogP contribution in [0.25, 0.3) is 0 Å². The Bertz CT molecular complexity index is 1100. The van der Waals surface area contributed by atoms with E-state index in [0.717, 1.165) is 12.1 Å². The molecule has 0 bridgehead atoms. The number of para-hydroxylation sites is 2. The molecule has 7 nitrogen and oxygen atoms in total. The molecule has 0 amide bonds. The molecule has 0 fully saturated rings. The Morgan fingerprint density at radius 3 is 2.61 bits per heavy atom. The average Bonchev–Trinajstić information content (AvgIpc) is 3.07. The van der Waals surface area contributed by atoms with Crippen LogP contribution < -0.4 is 14.2 Å². The molecular formula is C18H15F2N3O4S. The summed E-state index contributed by atoms with van der Waals surface area (Å²) in [5, 5.41) is 4.09. The van der Waals surface area contributed by atoms with E-state index in [4.69, 9.17) is 9.47 Å². The average molecular weight is 407 g/mol. The Kier molecular flexibility index (Phi) is 4.63. The number of aromatic nitrogens is 2. The Balaban J connectivity index is 1.45. The van der Waals surface area contributed by atoms with Crippen molar-refractivity contribution >= 4 is 15.7 Å². The lowest BCUT2D eigenvalue weighted by atomic mass is 10.2. The molecule has 28 heavy (non-hydrogen) atoms. The second kappa shape index (κ2) is 7.12. The highest BCUT2D eigenvalue weighted by Crippen LogP contribution is 2.31. The van der Waals surface area contributed by atoms with Crippen molar-refractivity contribution in [3.8, 4) is 11.5 Å². The van der Waals surface area contributed by atoms with E-state index in [1.165, 1.54) is 17.1 Å². The Morgan fingerprint density at radius 1 is 1.14 bits per heavy atom. The molecule has 0 aliphatic carbocycles. The van der Waals surface area contributed by atoms with Gasteiger partial charge in [-0.15, -0.1) is 0 Å². The lowest BCUT2D eigenvalue weighted by Gasteiger charge is -2.26. The number of fused-ring (bicyclic) bond motifs is 1. The van der Waals surface area contributed by atoms with Gasteiger partial charge in [-0.3, -0.25) is 9.40 Å². The summed E-state index contributed by atoms with van der Waals surface area (Å²) in [7, 11) is -4.16. The molecule has 0 saturated carbocycles. The number of benzene rings is 2. The van der Waals surface area contributed by atoms with Crippen molar-refractivity contribution in [1.29, 1.82) is 0 Å². The van der Waals surface area contributed by atoms with Crippen molar-refractivity contribution in [2.75, 3.05) is 11.3 Å². The van der Waals surface area contributed by atoms with Gasteiger partial charge in [0.2, 0.25) is 0 Å². The van der Waals surface area contributed by atoms with E-state index in [0.29, 0.717) is 30.7 Å². The van der Waals surface area contributed by atoms with Crippen molar-refractivity contribution in [1.82, 2.24) is 9.78 Å². The number of sulfonamides is 1. The summed E-state index contributed by atoms with van der Waals surface area (Å²) in [6.45, 7) is 0.644. The fraction of sp³-hybridized carbons (Fsp3) is 0.167. The van der Waals surface area contributed by atoms with Gasteiger partial charge in [0, 0.05) is 12.3 Å². The van der Waals surface area contributed by atoms with E-state index < -0.39 is 26.6 Å². The van der Waals surface area contributed by atoms with E-state index in [-0.39, 0.29) is 11.8 Å². The van der Waals surface area contributed by atoms with Gasteiger partial charge in [0.25, 0.3) is 10.0 Å². The van der Waals surface area contributed by atoms with Crippen LogP contribution in [0.3, 0.4) is 0 Å². The van der Waals surface area contributed by atoms with E-state index in [1.54, 1.807) is 6.07 Å². The minimum absolute atomic E-state index is 0.154. The zero-order valence-electron chi connectivity index (χ0n) is 14.4. The molecule has 1 aliphatic rings. The van der Waals surface area contributed by atoms with E-state index >= 15 is 0 Å². The monoisotopic (exact) mass is 407 g/mol. The fourth-order valence-corrected chi connectivity index (χ4v) is 3.84. The number of rotatable bonds is 5. The smallest absolute Gasteiger partial charge is 0.262 e. The maximum Gasteiger partial charge on any atom is 0.262 e. The summed E-state index contributed by atoms with van der Waals surface area (Å²) in [4.78, 5) is -0.515. The number of halogens is 2. The molecule has 1 aromatic heterocycles. The highest BCUT2D eigenvalue weighted by atomic mass is 32.2. The van der Waals surface area contributed by atoms with Crippen LogP contribution in [0, 0.1) is 11.6 Å². The molecule has 2 heterocycles. The molecular weight excluding hydrogens is 392 g/mol. The zero-order chi connectivity index (χ0) is 19.7. The predicted molar refractivity (Wildman–Crippen MR) is 95.7 cm³/mol. The summed E-state index contributed by atoms with van der Waals surface area (Å²) < 4.78 is 66.4. The van der Waals surface area contributed by atoms with Crippen LogP contribution in [0.5, 0.6) is 11.5 Å². The third-order valence-electron chi connectivity index (χ3n) is 3.99. The van der Waals surface area contributed by atoms with Crippen LogP contribution in [0.2, 0.25) is 0 Å². The van der Waals surface area contributed by atoms with Gasteiger partial charge in [0.05, 0.1) is 23.3 Å². The first-order valence-electron chi connectivity index (χ1n) is 8.29. The number of anilines is 1. The molecule has 10 heteroatoms. The first-order valence-corrected chi connectivity index (χ1v) is 9.77. The first-order chi connectivity index (χ1) is 13.4. The van der Waals surface area contributed by atoms with Gasteiger partial charge >= 0.3 is 0 Å². The van der Waals surface area contributed by atoms with E-state index in [9.17, 15) is 17.2 Å². The number of hydrogen-bond donors (Lipinski definition) is 1. The number of nitrogens with zero attached hydrogens (tertiary/aromatic N) is 2. The second-order valence-electron chi connectivity index (χ2n) is 6.16. The maximum absolute atomic E-state index is 13.3. The largest absolute Gasteiger partial charge is 0.486 e. The summed E-state index contributed by atoms with van der Waals surface area (Å²) >= 11 is 0. The van der Waals surface area contributed by atoms with Gasteiger partial charge in [-0.1, -0.05) is 12.1 Å². The van der Waals surface area contributed by atoms with Crippen LogP contribution in [0.15, 0.2) is 59.8 Å². The Labute approximate surface area is 159 Å². The number of nitrogens with one attached hydrogen (secondary N) is 1. The molecule has 1 unspecified atom stereocenters. The number of hydrogen-bond acceptors (Lipinski definition) is 5. The van der Waals surface area contributed by atoms with Gasteiger partial charge in [-0.05, 0) is 24.3 Å². The topological polar surface area (TPSA) is 82.5 Å². The van der Waals surface area contributed by atoms with Crippen molar-refractivity contribution < 1.29 is 26.7 Å². The number of ether oxygens (including phenoxy) is 2. The van der Waals surface area contributed by atoms with Crippen molar-refractivity contribution in [2.45, 2.75) is 17.5 Å². The van der Waals surface area contributed by atoms with Crippen LogP contribution in [-0.2, 0) is 16.6 Å². The van der Waals surface area contributed by atoms with Gasteiger partial charge in [-0.2, -0.15) is 5.10 Å². The van der Waals surface area contributed by atoms with Crippen molar-refractivity contribution in [3.63, 3.8) is 0 Å². The van der Waals surface area contributed by atoms with Crippen LogP contribution in [0.1, 0.15) is 0 Å². The van der Waals surface area contributed by atoms with Crippen molar-refractivity contribution in [3.05, 3.63) is 66.5 Å². The normalized spacial score (nSPS) is 16.0. The van der Waals surface area contributed by atoms with E-state index in [1.807, 2.05) is 18.2 Å². The maximum atomic E-state index is 13.3. The molecule has 0 spiro atoms. The van der Waals surface area contributed by atoms with Gasteiger partial charge < -0.3 is 9.47 Å². The van der Waals surface area contributed by atoms with Crippen molar-refractivity contribution in [2.24, 2.45) is 0 Å². The molecule has 2 aromatic carbocycles. The second-order valence-corrected chi connectivity index (χ2v) is 7.84. The third kappa shape index (κ3) is 3.91. The van der Waals surface area contributed by atoms with E-state index in [2.05, 4.69) is 9.82 Å². The minimum atomic E-state index is -4.16. The highest BCUT2D eigenvalue weighted by molar-refractivity contribution is 7.92. The zero-order valence-corrected chi connectivity index (χ0v) is 15.2. The highest BCUT2D eigenvalue weighted by Gasteiger charge is 2.22. The molecule has 3 aromatic rings. The van der Waals surface area contributed by atoms with Crippen LogP contribution in [0.4, 0.5) is 14.5 Å². The molecule has 4 rings (SSSR count). The molecule has 146 valence electrons. The van der Waals surface area contributed by atoms with Gasteiger partial charge in [0.1, 0.15) is 18.2 Å². The molecule has 1 aliphatic heterocycles.